The first-order chi connectivity index (χ1) is 7.09. The maximum absolute atomic E-state index is 10.9. The Kier molecular flexibility index (Phi) is 2.23. The summed E-state index contributed by atoms with van der Waals surface area (Å²) < 4.78 is 5.54. The molecule has 0 bridgehead atoms. The number of hydrogen-bond acceptors (Lipinski definition) is 2. The molecule has 0 unspecified atom stereocenters. The second-order valence-corrected chi connectivity index (χ2v) is 3.83. The van der Waals surface area contributed by atoms with Gasteiger partial charge in [-0.05, 0) is 12.1 Å². The van der Waals surface area contributed by atoms with Crippen LogP contribution in [0, 0.1) is 0 Å². The van der Waals surface area contributed by atoms with E-state index in [0.29, 0.717) is 5.58 Å². The van der Waals surface area contributed by atoms with E-state index >= 15 is 0 Å². The van der Waals surface area contributed by atoms with Crippen LogP contribution in [-0.4, -0.2) is 11.1 Å². The topological polar surface area (TPSA) is 50.4 Å². The van der Waals surface area contributed by atoms with E-state index in [2.05, 4.69) is 0 Å². The molecule has 1 N–H and O–H groups in total. The van der Waals surface area contributed by atoms with Gasteiger partial charge in [0.25, 0.3) is 0 Å². The third-order valence-corrected chi connectivity index (χ3v) is 2.36. The van der Waals surface area contributed by atoms with Crippen LogP contribution in [0.2, 0.25) is 0 Å². The van der Waals surface area contributed by atoms with Gasteiger partial charge >= 0.3 is 5.97 Å². The fourth-order valence-corrected chi connectivity index (χ4v) is 1.54. The van der Waals surface area contributed by atoms with Gasteiger partial charge in [0.2, 0.25) is 0 Å². The number of carboxylic acid groups (broad SMARTS) is 1. The Bertz CT molecular complexity index is 509. The lowest BCUT2D eigenvalue weighted by molar-refractivity contribution is 0.0698. The highest BCUT2D eigenvalue weighted by molar-refractivity contribution is 6.01. The molecule has 0 aliphatic carbocycles. The van der Waals surface area contributed by atoms with Gasteiger partial charge in [0.15, 0.2) is 0 Å². The molecule has 1 heterocycles. The number of hydrogen-bond donors (Lipinski definition) is 1. The summed E-state index contributed by atoms with van der Waals surface area (Å²) in [6.07, 6.45) is 0. The van der Waals surface area contributed by atoms with Gasteiger partial charge in [-0.15, -0.1) is 0 Å². The van der Waals surface area contributed by atoms with Gasteiger partial charge in [-0.2, -0.15) is 0 Å². The quantitative estimate of drug-likeness (QED) is 0.816. The maximum Gasteiger partial charge on any atom is 0.339 e. The fourth-order valence-electron chi connectivity index (χ4n) is 1.54. The summed E-state index contributed by atoms with van der Waals surface area (Å²) in [5.74, 6) is 0.128. The minimum absolute atomic E-state index is 0.222. The van der Waals surface area contributed by atoms with E-state index in [-0.39, 0.29) is 11.5 Å². The Hall–Kier alpha value is -1.77. The highest BCUT2D eigenvalue weighted by Gasteiger charge is 2.14. The highest BCUT2D eigenvalue weighted by atomic mass is 16.4. The lowest BCUT2D eigenvalue weighted by Crippen LogP contribution is -1.95. The average molecular weight is 204 g/mol. The van der Waals surface area contributed by atoms with Crippen molar-refractivity contribution < 1.29 is 14.3 Å². The summed E-state index contributed by atoms with van der Waals surface area (Å²) in [7, 11) is 0. The van der Waals surface area contributed by atoms with Gasteiger partial charge in [0.1, 0.15) is 16.9 Å². The molecular formula is C12H12O3. The Morgan fingerprint density at radius 2 is 2.13 bits per heavy atom. The van der Waals surface area contributed by atoms with E-state index < -0.39 is 5.97 Å². The van der Waals surface area contributed by atoms with E-state index in [1.807, 2.05) is 26.0 Å². The van der Waals surface area contributed by atoms with Crippen LogP contribution in [0.4, 0.5) is 0 Å². The van der Waals surface area contributed by atoms with E-state index in [4.69, 9.17) is 9.52 Å². The largest absolute Gasteiger partial charge is 0.478 e. The summed E-state index contributed by atoms with van der Waals surface area (Å²) in [6, 6.07) is 7.03. The van der Waals surface area contributed by atoms with Crippen LogP contribution in [0.1, 0.15) is 35.9 Å². The fraction of sp³-hybridized carbons (Fsp3) is 0.250. The molecule has 1 aromatic carbocycles. The molecule has 3 nitrogen and oxygen atoms in total. The van der Waals surface area contributed by atoms with Crippen LogP contribution in [-0.2, 0) is 0 Å². The summed E-state index contributed by atoms with van der Waals surface area (Å²) in [5.41, 5.74) is 0.688. The standard InChI is InChI=1S/C12H12O3/c1-7(2)10-6-8-4-3-5-9(12(13)14)11(8)15-10/h3-7H,1-2H3,(H,13,14). The predicted octanol–water partition coefficient (Wildman–Crippen LogP) is 3.25. The van der Waals surface area contributed by atoms with Gasteiger partial charge in [-0.3, -0.25) is 0 Å². The van der Waals surface area contributed by atoms with Crippen LogP contribution >= 0.6 is 0 Å². The third-order valence-electron chi connectivity index (χ3n) is 2.36. The van der Waals surface area contributed by atoms with Crippen molar-refractivity contribution in [2.45, 2.75) is 19.8 Å². The molecule has 3 heteroatoms. The molecule has 2 aromatic rings. The molecule has 0 spiro atoms. The Morgan fingerprint density at radius 3 is 2.73 bits per heavy atom. The van der Waals surface area contributed by atoms with Crippen molar-refractivity contribution in [2.24, 2.45) is 0 Å². The van der Waals surface area contributed by atoms with Crippen molar-refractivity contribution in [1.82, 2.24) is 0 Å². The van der Waals surface area contributed by atoms with Gasteiger partial charge in [-0.25, -0.2) is 4.79 Å². The van der Waals surface area contributed by atoms with Crippen molar-refractivity contribution in [3.8, 4) is 0 Å². The van der Waals surface area contributed by atoms with Gasteiger partial charge in [-0.1, -0.05) is 26.0 Å². The lowest BCUT2D eigenvalue weighted by atomic mass is 10.1. The molecule has 0 atom stereocenters. The Balaban J connectivity index is 2.70. The van der Waals surface area contributed by atoms with Crippen molar-refractivity contribution in [3.05, 3.63) is 35.6 Å². The van der Waals surface area contributed by atoms with Crippen molar-refractivity contribution >= 4 is 16.9 Å². The van der Waals surface area contributed by atoms with Crippen LogP contribution in [0.5, 0.6) is 0 Å². The lowest BCUT2D eigenvalue weighted by Gasteiger charge is -1.97. The zero-order valence-electron chi connectivity index (χ0n) is 8.65. The summed E-state index contributed by atoms with van der Waals surface area (Å²) in [4.78, 5) is 10.9. The Labute approximate surface area is 87.3 Å². The van der Waals surface area contributed by atoms with Crippen molar-refractivity contribution in [2.75, 3.05) is 0 Å². The number of carbonyl (C=O) groups is 1. The van der Waals surface area contributed by atoms with Crippen LogP contribution in [0.3, 0.4) is 0 Å². The van der Waals surface area contributed by atoms with Crippen molar-refractivity contribution in [3.63, 3.8) is 0 Å². The Morgan fingerprint density at radius 1 is 1.40 bits per heavy atom. The van der Waals surface area contributed by atoms with E-state index in [9.17, 15) is 4.79 Å². The SMILES string of the molecule is CC(C)c1cc2cccc(C(=O)O)c2o1. The number of fused-ring (bicyclic) bond motifs is 1. The zero-order chi connectivity index (χ0) is 11.0. The first kappa shape index (κ1) is 9.77. The number of furan rings is 1. The van der Waals surface area contributed by atoms with E-state index in [1.54, 1.807) is 12.1 Å². The monoisotopic (exact) mass is 204 g/mol. The summed E-state index contributed by atoms with van der Waals surface area (Å²) in [5, 5.41) is 9.82. The van der Waals surface area contributed by atoms with Crippen LogP contribution < -0.4 is 0 Å². The molecule has 15 heavy (non-hydrogen) atoms. The van der Waals surface area contributed by atoms with E-state index in [1.165, 1.54) is 0 Å². The minimum Gasteiger partial charge on any atom is -0.478 e. The summed E-state index contributed by atoms with van der Waals surface area (Å²) >= 11 is 0. The molecule has 78 valence electrons. The van der Waals surface area contributed by atoms with Gasteiger partial charge in [0.05, 0.1) is 0 Å². The first-order valence-corrected chi connectivity index (χ1v) is 4.85. The molecule has 0 fully saturated rings. The molecule has 0 aliphatic heterocycles. The number of aromatic carboxylic acids is 1. The summed E-state index contributed by atoms with van der Waals surface area (Å²) in [6.45, 7) is 4.02. The van der Waals surface area contributed by atoms with Crippen LogP contribution in [0.15, 0.2) is 28.7 Å². The molecule has 0 saturated carbocycles. The minimum atomic E-state index is -0.953. The maximum atomic E-state index is 10.9. The van der Waals surface area contributed by atoms with Crippen LogP contribution in [0.25, 0.3) is 11.0 Å². The molecule has 0 radical (unpaired) electrons. The van der Waals surface area contributed by atoms with Gasteiger partial charge < -0.3 is 9.52 Å². The first-order valence-electron chi connectivity index (χ1n) is 4.85. The predicted molar refractivity (Wildman–Crippen MR) is 57.3 cm³/mol. The second-order valence-electron chi connectivity index (χ2n) is 3.83. The smallest absolute Gasteiger partial charge is 0.339 e. The molecule has 0 aliphatic rings. The number of para-hydroxylation sites is 1. The molecular weight excluding hydrogens is 192 g/mol. The second kappa shape index (κ2) is 3.42. The average Bonchev–Trinajstić information content (AvgIpc) is 2.60. The number of benzene rings is 1. The van der Waals surface area contributed by atoms with Crippen molar-refractivity contribution in [1.29, 1.82) is 0 Å². The molecule has 0 amide bonds. The molecule has 2 rings (SSSR count). The molecule has 1 aromatic heterocycles. The van der Waals surface area contributed by atoms with E-state index in [0.717, 1.165) is 11.1 Å². The highest BCUT2D eigenvalue weighted by Crippen LogP contribution is 2.27. The molecule has 0 saturated heterocycles. The number of rotatable bonds is 2. The normalized spacial score (nSPS) is 11.1. The zero-order valence-corrected chi connectivity index (χ0v) is 8.65. The number of carboxylic acids is 1. The third kappa shape index (κ3) is 1.61. The van der Waals surface area contributed by atoms with Gasteiger partial charge in [0, 0.05) is 11.3 Å².